The second kappa shape index (κ2) is 11.2. The van der Waals surface area contributed by atoms with Crippen LogP contribution in [0.2, 0.25) is 0 Å². The number of benzene rings is 3. The van der Waals surface area contributed by atoms with Crippen molar-refractivity contribution in [1.82, 2.24) is 4.90 Å². The van der Waals surface area contributed by atoms with Crippen molar-refractivity contribution >= 4 is 16.9 Å². The van der Waals surface area contributed by atoms with Gasteiger partial charge in [0.1, 0.15) is 5.58 Å². The molecule has 0 radical (unpaired) electrons. The number of ether oxygens (including phenoxy) is 2. The van der Waals surface area contributed by atoms with Gasteiger partial charge in [-0.15, -0.1) is 0 Å². The molecule has 1 aromatic heterocycles. The zero-order chi connectivity index (χ0) is 28.6. The van der Waals surface area contributed by atoms with Gasteiger partial charge in [-0.3, -0.25) is 9.59 Å². The third-order valence-electron chi connectivity index (χ3n) is 7.42. The van der Waals surface area contributed by atoms with Gasteiger partial charge in [-0.05, 0) is 80.5 Å². The number of fused-ring (bicyclic) bond motifs is 2. The van der Waals surface area contributed by atoms with Gasteiger partial charge in [-0.1, -0.05) is 55.8 Å². The predicted molar refractivity (Wildman–Crippen MR) is 157 cm³/mol. The van der Waals surface area contributed by atoms with Crippen LogP contribution in [0.25, 0.3) is 11.0 Å². The van der Waals surface area contributed by atoms with Gasteiger partial charge in [0, 0.05) is 6.54 Å². The molecule has 0 saturated heterocycles. The lowest BCUT2D eigenvalue weighted by Crippen LogP contribution is -2.29. The van der Waals surface area contributed by atoms with Crippen molar-refractivity contribution in [3.8, 4) is 11.5 Å². The van der Waals surface area contributed by atoms with Crippen LogP contribution in [0, 0.1) is 26.7 Å². The topological polar surface area (TPSA) is 69.0 Å². The number of rotatable bonds is 9. The fourth-order valence-corrected chi connectivity index (χ4v) is 5.40. The molecular weight excluding hydrogens is 502 g/mol. The molecule has 1 amide bonds. The number of carbonyl (C=O) groups excluding carboxylic acids is 1. The number of amides is 1. The molecule has 0 N–H and O–H groups in total. The van der Waals surface area contributed by atoms with E-state index in [1.54, 1.807) is 4.90 Å². The number of carbonyl (C=O) groups is 1. The second-order valence-electron chi connectivity index (χ2n) is 11.1. The molecular formula is C34H37NO5. The standard InChI is InChI=1S/C34H37NO5/c1-7-38-27-18-25(12-13-26(27)39-15-14-20(2)3)31-30-32(36)29-23(6)16-22(5)17-28(29)40-33(30)34(37)35(31)19-24-10-8-21(4)9-11-24/h8-13,16-18,20,31H,7,14-15,19H2,1-6H3. The smallest absolute Gasteiger partial charge is 0.291 e. The van der Waals surface area contributed by atoms with Crippen molar-refractivity contribution in [2.75, 3.05) is 13.2 Å². The molecule has 1 aliphatic heterocycles. The van der Waals surface area contributed by atoms with Crippen LogP contribution in [0.4, 0.5) is 0 Å². The van der Waals surface area contributed by atoms with Crippen LogP contribution < -0.4 is 14.9 Å². The minimum absolute atomic E-state index is 0.106. The van der Waals surface area contributed by atoms with Crippen molar-refractivity contribution in [3.05, 3.63) is 104 Å². The van der Waals surface area contributed by atoms with Crippen LogP contribution in [0.1, 0.15) is 77.2 Å². The van der Waals surface area contributed by atoms with E-state index >= 15 is 0 Å². The molecule has 1 unspecified atom stereocenters. The molecule has 6 heteroatoms. The highest BCUT2D eigenvalue weighted by atomic mass is 16.5. The molecule has 3 aromatic carbocycles. The van der Waals surface area contributed by atoms with Gasteiger partial charge >= 0.3 is 0 Å². The fourth-order valence-electron chi connectivity index (χ4n) is 5.40. The monoisotopic (exact) mass is 539 g/mol. The molecule has 5 rings (SSSR count). The van der Waals surface area contributed by atoms with Gasteiger partial charge in [0.25, 0.3) is 5.91 Å². The lowest BCUT2D eigenvalue weighted by Gasteiger charge is -2.26. The van der Waals surface area contributed by atoms with E-state index in [4.69, 9.17) is 13.9 Å². The molecule has 0 aliphatic carbocycles. The van der Waals surface area contributed by atoms with Crippen LogP contribution in [-0.4, -0.2) is 24.0 Å². The summed E-state index contributed by atoms with van der Waals surface area (Å²) in [6.07, 6.45) is 0.926. The Morgan fingerprint density at radius 1 is 0.900 bits per heavy atom. The maximum Gasteiger partial charge on any atom is 0.291 e. The third kappa shape index (κ3) is 5.23. The Bertz CT molecular complexity index is 1620. The quantitative estimate of drug-likeness (QED) is 0.223. The normalized spacial score (nSPS) is 14.7. The van der Waals surface area contributed by atoms with Crippen molar-refractivity contribution in [3.63, 3.8) is 0 Å². The summed E-state index contributed by atoms with van der Waals surface area (Å²) in [7, 11) is 0. The Morgan fingerprint density at radius 3 is 2.35 bits per heavy atom. The van der Waals surface area contributed by atoms with Crippen LogP contribution in [0.3, 0.4) is 0 Å². The molecule has 1 aliphatic rings. The molecule has 0 bridgehead atoms. The van der Waals surface area contributed by atoms with Crippen molar-refractivity contribution in [2.45, 2.75) is 60.5 Å². The highest BCUT2D eigenvalue weighted by molar-refractivity contribution is 5.99. The minimum Gasteiger partial charge on any atom is -0.490 e. The average molecular weight is 540 g/mol. The summed E-state index contributed by atoms with van der Waals surface area (Å²) in [6.45, 7) is 13.5. The summed E-state index contributed by atoms with van der Waals surface area (Å²) in [6, 6.07) is 16.9. The van der Waals surface area contributed by atoms with Crippen molar-refractivity contribution in [1.29, 1.82) is 0 Å². The Hall–Kier alpha value is -4.06. The van der Waals surface area contributed by atoms with Crippen molar-refractivity contribution < 1.29 is 18.7 Å². The zero-order valence-electron chi connectivity index (χ0n) is 24.2. The van der Waals surface area contributed by atoms with Crippen LogP contribution in [-0.2, 0) is 6.54 Å². The van der Waals surface area contributed by atoms with E-state index < -0.39 is 6.04 Å². The van der Waals surface area contributed by atoms with Gasteiger partial charge in [0.05, 0.1) is 30.2 Å². The minimum atomic E-state index is -0.630. The van der Waals surface area contributed by atoms with Crippen LogP contribution >= 0.6 is 0 Å². The first kappa shape index (κ1) is 27.5. The molecule has 6 nitrogen and oxygen atoms in total. The Kier molecular flexibility index (Phi) is 7.70. The number of aryl methyl sites for hydroxylation is 3. The van der Waals surface area contributed by atoms with Gasteiger partial charge in [0.15, 0.2) is 16.9 Å². The molecule has 40 heavy (non-hydrogen) atoms. The summed E-state index contributed by atoms with van der Waals surface area (Å²) in [4.78, 5) is 29.8. The first-order chi connectivity index (χ1) is 19.2. The highest BCUT2D eigenvalue weighted by Gasteiger charge is 2.43. The maximum atomic E-state index is 14.1. The van der Waals surface area contributed by atoms with Gasteiger partial charge in [0.2, 0.25) is 5.76 Å². The van der Waals surface area contributed by atoms with E-state index in [9.17, 15) is 9.59 Å². The van der Waals surface area contributed by atoms with E-state index in [-0.39, 0.29) is 17.1 Å². The van der Waals surface area contributed by atoms with Crippen LogP contribution in [0.15, 0.2) is 63.8 Å². The van der Waals surface area contributed by atoms with Crippen LogP contribution in [0.5, 0.6) is 11.5 Å². The summed E-state index contributed by atoms with van der Waals surface area (Å²) in [5.41, 5.74) is 5.32. The summed E-state index contributed by atoms with van der Waals surface area (Å²) in [5, 5.41) is 0.512. The lowest BCUT2D eigenvalue weighted by molar-refractivity contribution is 0.0714. The molecule has 0 spiro atoms. The molecule has 1 atom stereocenters. The first-order valence-corrected chi connectivity index (χ1v) is 14.0. The van der Waals surface area contributed by atoms with E-state index in [0.717, 1.165) is 34.2 Å². The molecule has 0 saturated carbocycles. The lowest BCUT2D eigenvalue weighted by atomic mass is 9.96. The Labute approximate surface area is 235 Å². The van der Waals surface area contributed by atoms with E-state index in [0.29, 0.717) is 53.7 Å². The molecule has 0 fully saturated rings. The highest BCUT2D eigenvalue weighted by Crippen LogP contribution is 2.42. The number of hydrogen-bond acceptors (Lipinski definition) is 5. The first-order valence-electron chi connectivity index (χ1n) is 14.0. The van der Waals surface area contributed by atoms with Crippen molar-refractivity contribution in [2.24, 2.45) is 5.92 Å². The largest absolute Gasteiger partial charge is 0.490 e. The van der Waals surface area contributed by atoms with E-state index in [1.807, 2.05) is 82.3 Å². The van der Waals surface area contributed by atoms with Gasteiger partial charge < -0.3 is 18.8 Å². The Morgan fingerprint density at radius 2 is 1.65 bits per heavy atom. The third-order valence-corrected chi connectivity index (χ3v) is 7.42. The summed E-state index contributed by atoms with van der Waals surface area (Å²) >= 11 is 0. The van der Waals surface area contributed by atoms with E-state index in [2.05, 4.69) is 13.8 Å². The maximum absolute atomic E-state index is 14.1. The molecule has 4 aromatic rings. The van der Waals surface area contributed by atoms with E-state index in [1.165, 1.54) is 0 Å². The van der Waals surface area contributed by atoms with Gasteiger partial charge in [-0.2, -0.15) is 0 Å². The second-order valence-corrected chi connectivity index (χ2v) is 11.1. The molecule has 208 valence electrons. The summed E-state index contributed by atoms with van der Waals surface area (Å²) in [5.74, 6) is 1.57. The van der Waals surface area contributed by atoms with Gasteiger partial charge in [-0.25, -0.2) is 0 Å². The summed E-state index contributed by atoms with van der Waals surface area (Å²) < 4.78 is 18.3. The zero-order valence-corrected chi connectivity index (χ0v) is 24.2. The SMILES string of the molecule is CCOc1cc(C2c3c(oc4cc(C)cc(C)c4c3=O)C(=O)N2Cc2ccc(C)cc2)ccc1OCCC(C)C. The number of nitrogens with zero attached hydrogens (tertiary/aromatic N) is 1. The number of hydrogen-bond donors (Lipinski definition) is 0. The Balaban J connectivity index is 1.66. The average Bonchev–Trinajstić information content (AvgIpc) is 3.17. The predicted octanol–water partition coefficient (Wildman–Crippen LogP) is 7.29. The fraction of sp³-hybridized carbons (Fsp3) is 0.353. The molecule has 2 heterocycles.